The maximum Gasteiger partial charge on any atom is 0.242 e. The van der Waals surface area contributed by atoms with Gasteiger partial charge in [-0.1, -0.05) is 0 Å². The fraction of sp³-hybridized carbons (Fsp3) is 0.800. The van der Waals surface area contributed by atoms with Crippen molar-refractivity contribution in [2.45, 2.75) is 6.04 Å². The van der Waals surface area contributed by atoms with Crippen LogP contribution in [0, 0.1) is 0 Å². The van der Waals surface area contributed by atoms with Gasteiger partial charge in [0.25, 0.3) is 0 Å². The molecule has 16 heavy (non-hydrogen) atoms. The molecule has 2 aliphatic heterocycles. The molecule has 0 aromatic heterocycles. The van der Waals surface area contributed by atoms with Crippen LogP contribution in [0.25, 0.3) is 0 Å². The van der Waals surface area contributed by atoms with E-state index in [1.807, 2.05) is 0 Å². The molecule has 0 aliphatic carbocycles. The minimum absolute atomic E-state index is 0.0882. The topological polar surface area (TPSA) is 61.9 Å². The van der Waals surface area contributed by atoms with E-state index in [-0.39, 0.29) is 11.9 Å². The second-order valence-corrected chi connectivity index (χ2v) is 4.05. The number of carbonyl (C=O) groups excluding carboxylic acids is 2. The Morgan fingerprint density at radius 2 is 2.06 bits per heavy atom. The van der Waals surface area contributed by atoms with Gasteiger partial charge < -0.3 is 19.9 Å². The van der Waals surface area contributed by atoms with Crippen molar-refractivity contribution < 1.29 is 14.3 Å². The number of hydrogen-bond donors (Lipinski definition) is 1. The van der Waals surface area contributed by atoms with E-state index in [2.05, 4.69) is 5.32 Å². The van der Waals surface area contributed by atoms with E-state index in [0.717, 1.165) is 13.0 Å². The highest BCUT2D eigenvalue weighted by molar-refractivity contribution is 5.82. The number of carbonyl (C=O) groups is 2. The molecule has 0 aromatic carbocycles. The van der Waals surface area contributed by atoms with Crippen LogP contribution < -0.4 is 5.32 Å². The number of nitrogens with zero attached hydrogens (tertiary/aromatic N) is 2. The van der Waals surface area contributed by atoms with Crippen LogP contribution in [-0.2, 0) is 14.3 Å². The third-order valence-corrected chi connectivity index (χ3v) is 2.99. The number of piperazine rings is 1. The van der Waals surface area contributed by atoms with Gasteiger partial charge in [-0.05, 0) is 0 Å². The summed E-state index contributed by atoms with van der Waals surface area (Å²) in [6.45, 7) is 4.34. The summed E-state index contributed by atoms with van der Waals surface area (Å²) in [5, 5.41) is 3.14. The van der Waals surface area contributed by atoms with Crippen molar-refractivity contribution in [1.29, 1.82) is 0 Å². The lowest BCUT2D eigenvalue weighted by Gasteiger charge is -2.35. The molecule has 0 spiro atoms. The van der Waals surface area contributed by atoms with Crippen molar-refractivity contribution >= 4 is 12.3 Å². The predicted octanol–water partition coefficient (Wildman–Crippen LogP) is -1.72. The van der Waals surface area contributed by atoms with Crippen molar-refractivity contribution in [3.8, 4) is 0 Å². The van der Waals surface area contributed by atoms with Crippen LogP contribution in [0.5, 0.6) is 0 Å². The molecule has 0 saturated carbocycles. The lowest BCUT2D eigenvalue weighted by atomic mass is 10.2. The van der Waals surface area contributed by atoms with E-state index in [4.69, 9.17) is 4.74 Å². The number of hydrogen-bond acceptors (Lipinski definition) is 4. The fourth-order valence-electron chi connectivity index (χ4n) is 1.99. The van der Waals surface area contributed by atoms with Crippen LogP contribution in [0.15, 0.2) is 0 Å². The summed E-state index contributed by atoms with van der Waals surface area (Å²) in [6, 6.07) is -0.212. The molecule has 0 bridgehead atoms. The van der Waals surface area contributed by atoms with Gasteiger partial charge in [-0.2, -0.15) is 0 Å². The quantitative estimate of drug-likeness (QED) is 0.570. The van der Waals surface area contributed by atoms with Crippen molar-refractivity contribution in [2.24, 2.45) is 0 Å². The van der Waals surface area contributed by atoms with Crippen molar-refractivity contribution in [2.75, 3.05) is 45.9 Å². The van der Waals surface area contributed by atoms with Crippen molar-refractivity contribution in [3.05, 3.63) is 0 Å². The zero-order valence-electron chi connectivity index (χ0n) is 9.22. The van der Waals surface area contributed by atoms with Crippen LogP contribution in [-0.4, -0.2) is 74.1 Å². The Morgan fingerprint density at radius 1 is 1.31 bits per heavy atom. The molecule has 1 atom stereocenters. The van der Waals surface area contributed by atoms with Crippen LogP contribution >= 0.6 is 0 Å². The molecule has 1 N–H and O–H groups in total. The van der Waals surface area contributed by atoms with Gasteiger partial charge in [-0.3, -0.25) is 9.59 Å². The van der Waals surface area contributed by atoms with Crippen LogP contribution in [0.1, 0.15) is 0 Å². The van der Waals surface area contributed by atoms with Gasteiger partial charge in [-0.15, -0.1) is 0 Å². The average molecular weight is 227 g/mol. The summed E-state index contributed by atoms with van der Waals surface area (Å²) in [7, 11) is 0. The van der Waals surface area contributed by atoms with Crippen LogP contribution in [0.4, 0.5) is 0 Å². The normalized spacial score (nSPS) is 26.6. The van der Waals surface area contributed by atoms with Gasteiger partial charge in [0.05, 0.1) is 13.2 Å². The molecule has 6 nitrogen and oxygen atoms in total. The number of amides is 2. The van der Waals surface area contributed by atoms with E-state index < -0.39 is 0 Å². The van der Waals surface area contributed by atoms with Gasteiger partial charge in [0.2, 0.25) is 12.3 Å². The van der Waals surface area contributed by atoms with Gasteiger partial charge in [-0.25, -0.2) is 0 Å². The third kappa shape index (κ3) is 2.51. The van der Waals surface area contributed by atoms with Gasteiger partial charge in [0, 0.05) is 32.7 Å². The SMILES string of the molecule is O=CN1CCN(C(=O)C2COCCN2)CC1. The van der Waals surface area contributed by atoms with E-state index in [1.54, 1.807) is 9.80 Å². The minimum Gasteiger partial charge on any atom is -0.378 e. The second-order valence-electron chi connectivity index (χ2n) is 4.05. The highest BCUT2D eigenvalue weighted by Gasteiger charge is 2.28. The Morgan fingerprint density at radius 3 is 2.62 bits per heavy atom. The number of ether oxygens (including phenoxy) is 1. The Labute approximate surface area is 94.5 Å². The maximum atomic E-state index is 12.0. The Balaban J connectivity index is 1.83. The Hall–Kier alpha value is -1.14. The first-order chi connectivity index (χ1) is 7.81. The minimum atomic E-state index is -0.212. The highest BCUT2D eigenvalue weighted by atomic mass is 16.5. The molecule has 0 radical (unpaired) electrons. The van der Waals surface area contributed by atoms with E-state index in [0.29, 0.717) is 39.4 Å². The molecule has 6 heteroatoms. The maximum absolute atomic E-state index is 12.0. The van der Waals surface area contributed by atoms with Crippen molar-refractivity contribution in [1.82, 2.24) is 15.1 Å². The first-order valence-corrected chi connectivity index (χ1v) is 5.60. The monoisotopic (exact) mass is 227 g/mol. The lowest BCUT2D eigenvalue weighted by Crippen LogP contribution is -2.56. The molecule has 2 heterocycles. The first kappa shape index (κ1) is 11.3. The summed E-state index contributed by atoms with van der Waals surface area (Å²) in [6.07, 6.45) is 0.837. The van der Waals surface area contributed by atoms with E-state index >= 15 is 0 Å². The fourth-order valence-corrected chi connectivity index (χ4v) is 1.99. The van der Waals surface area contributed by atoms with Gasteiger partial charge >= 0.3 is 0 Å². The average Bonchev–Trinajstić information content (AvgIpc) is 2.39. The molecule has 2 amide bonds. The van der Waals surface area contributed by atoms with Crippen molar-refractivity contribution in [3.63, 3.8) is 0 Å². The second kappa shape index (κ2) is 5.27. The Kier molecular flexibility index (Phi) is 3.74. The molecule has 90 valence electrons. The summed E-state index contributed by atoms with van der Waals surface area (Å²) in [4.78, 5) is 26.0. The van der Waals surface area contributed by atoms with E-state index in [9.17, 15) is 9.59 Å². The summed E-state index contributed by atoms with van der Waals surface area (Å²) < 4.78 is 5.26. The van der Waals surface area contributed by atoms with Crippen LogP contribution in [0.3, 0.4) is 0 Å². The standard InChI is InChI=1S/C10H17N3O3/c14-8-12-2-4-13(5-3-12)10(15)9-7-16-6-1-11-9/h8-9,11H,1-7H2. The molecule has 0 aromatic rings. The molecule has 2 saturated heterocycles. The summed E-state index contributed by atoms with van der Waals surface area (Å²) >= 11 is 0. The van der Waals surface area contributed by atoms with Gasteiger partial charge in [0.15, 0.2) is 0 Å². The third-order valence-electron chi connectivity index (χ3n) is 2.99. The molecule has 1 unspecified atom stereocenters. The predicted molar refractivity (Wildman–Crippen MR) is 56.8 cm³/mol. The smallest absolute Gasteiger partial charge is 0.242 e. The molecular formula is C10H17N3O3. The lowest BCUT2D eigenvalue weighted by molar-refractivity contribution is -0.139. The van der Waals surface area contributed by atoms with E-state index in [1.165, 1.54) is 0 Å². The Bertz CT molecular complexity index is 258. The summed E-state index contributed by atoms with van der Waals surface area (Å²) in [5.41, 5.74) is 0. The zero-order valence-corrected chi connectivity index (χ0v) is 9.22. The molecular weight excluding hydrogens is 210 g/mol. The zero-order chi connectivity index (χ0) is 11.4. The number of rotatable bonds is 2. The largest absolute Gasteiger partial charge is 0.378 e. The highest BCUT2D eigenvalue weighted by Crippen LogP contribution is 2.04. The molecule has 2 rings (SSSR count). The molecule has 2 fully saturated rings. The number of nitrogens with one attached hydrogen (secondary N) is 1. The van der Waals surface area contributed by atoms with Crippen LogP contribution in [0.2, 0.25) is 0 Å². The summed E-state index contributed by atoms with van der Waals surface area (Å²) in [5.74, 6) is 0.0882. The first-order valence-electron chi connectivity index (χ1n) is 5.60. The van der Waals surface area contributed by atoms with Gasteiger partial charge in [0.1, 0.15) is 6.04 Å². The molecule has 2 aliphatic rings. The number of morpholine rings is 1.